The van der Waals surface area contributed by atoms with E-state index in [-0.39, 0.29) is 18.3 Å². The fourth-order valence-electron chi connectivity index (χ4n) is 3.74. The molecule has 0 unspecified atom stereocenters. The van der Waals surface area contributed by atoms with Crippen LogP contribution in [-0.2, 0) is 20.9 Å². The summed E-state index contributed by atoms with van der Waals surface area (Å²) in [5.41, 5.74) is -0.385. The van der Waals surface area contributed by atoms with E-state index in [0.29, 0.717) is 18.9 Å². The average Bonchev–Trinajstić information content (AvgIpc) is 2.53. The first kappa shape index (κ1) is 18.7. The molecule has 1 amide bonds. The molecule has 1 saturated carbocycles. The van der Waals surface area contributed by atoms with Crippen molar-refractivity contribution >= 4 is 11.9 Å². The zero-order chi connectivity index (χ0) is 18.9. The molecule has 1 aromatic carbocycles. The summed E-state index contributed by atoms with van der Waals surface area (Å²) in [6.45, 7) is 6.04. The first-order valence-electron chi connectivity index (χ1n) is 9.40. The molecule has 142 valence electrons. The van der Waals surface area contributed by atoms with Crippen molar-refractivity contribution in [3.05, 3.63) is 29.8 Å². The normalized spacial score (nSPS) is 23.2. The van der Waals surface area contributed by atoms with E-state index >= 15 is 0 Å². The van der Waals surface area contributed by atoms with Crippen molar-refractivity contribution in [3.8, 4) is 5.75 Å². The predicted molar refractivity (Wildman–Crippen MR) is 98.7 cm³/mol. The van der Waals surface area contributed by atoms with Gasteiger partial charge in [-0.15, -0.1) is 0 Å². The Bertz CT molecular complexity index is 672. The van der Waals surface area contributed by atoms with Crippen molar-refractivity contribution < 1.29 is 19.1 Å². The summed E-state index contributed by atoms with van der Waals surface area (Å²) >= 11 is 0. The molecular weight excluding hydrogens is 330 g/mol. The van der Waals surface area contributed by atoms with Crippen LogP contribution in [0.4, 0.5) is 0 Å². The van der Waals surface area contributed by atoms with Gasteiger partial charge in [-0.2, -0.15) is 0 Å². The van der Waals surface area contributed by atoms with E-state index in [9.17, 15) is 9.59 Å². The van der Waals surface area contributed by atoms with Crippen molar-refractivity contribution in [2.75, 3.05) is 7.11 Å². The molecule has 5 heteroatoms. The van der Waals surface area contributed by atoms with Gasteiger partial charge in [-0.3, -0.25) is 4.79 Å². The lowest BCUT2D eigenvalue weighted by Crippen LogP contribution is -2.69. The van der Waals surface area contributed by atoms with Gasteiger partial charge in [0.1, 0.15) is 16.9 Å². The predicted octanol–water partition coefficient (Wildman–Crippen LogP) is 3.70. The Morgan fingerprint density at radius 3 is 2.35 bits per heavy atom. The largest absolute Gasteiger partial charge is 0.497 e. The molecule has 0 radical (unpaired) electrons. The van der Waals surface area contributed by atoms with Crippen LogP contribution in [0.2, 0.25) is 0 Å². The molecule has 26 heavy (non-hydrogen) atoms. The van der Waals surface area contributed by atoms with Gasteiger partial charge in [0.05, 0.1) is 13.5 Å². The monoisotopic (exact) mass is 359 g/mol. The van der Waals surface area contributed by atoms with Gasteiger partial charge in [0, 0.05) is 6.54 Å². The molecule has 2 aliphatic rings. The van der Waals surface area contributed by atoms with Crippen LogP contribution in [0.1, 0.15) is 58.4 Å². The van der Waals surface area contributed by atoms with Gasteiger partial charge in [-0.05, 0) is 50.8 Å². The van der Waals surface area contributed by atoms with E-state index in [1.165, 1.54) is 6.42 Å². The van der Waals surface area contributed by atoms with Gasteiger partial charge in [0.2, 0.25) is 5.91 Å². The van der Waals surface area contributed by atoms with E-state index in [0.717, 1.165) is 24.2 Å². The number of methoxy groups -OCH3 is 1. The van der Waals surface area contributed by atoms with Crippen LogP contribution in [0.25, 0.3) is 0 Å². The minimum absolute atomic E-state index is 0.0194. The Morgan fingerprint density at radius 1 is 1.23 bits per heavy atom. The molecule has 1 saturated heterocycles. The zero-order valence-corrected chi connectivity index (χ0v) is 16.2. The van der Waals surface area contributed by atoms with Gasteiger partial charge in [-0.25, -0.2) is 4.79 Å². The third-order valence-electron chi connectivity index (χ3n) is 5.39. The Hall–Kier alpha value is -2.04. The zero-order valence-electron chi connectivity index (χ0n) is 16.2. The lowest BCUT2D eigenvalue weighted by atomic mass is 9.70. The molecule has 0 N–H and O–H groups in total. The number of benzene rings is 1. The van der Waals surface area contributed by atoms with Gasteiger partial charge in [0.25, 0.3) is 0 Å². The number of ether oxygens (including phenoxy) is 2. The summed E-state index contributed by atoms with van der Waals surface area (Å²) in [6, 6.07) is 7.63. The molecule has 0 spiro atoms. The second-order valence-electron chi connectivity index (χ2n) is 8.54. The van der Waals surface area contributed by atoms with E-state index in [1.54, 1.807) is 12.0 Å². The highest BCUT2D eigenvalue weighted by molar-refractivity contribution is 5.99. The standard InChI is InChI=1S/C21H29NO4/c1-20(2,3)26-19(24)21(12-15-6-5-7-15)13-18(23)22(21)14-16-8-10-17(25-4)11-9-16/h8-11,15H,5-7,12-14H2,1-4H3/t21-/m0/s1. The maximum atomic E-state index is 13.0. The number of hydrogen-bond donors (Lipinski definition) is 0. The van der Waals surface area contributed by atoms with Crippen molar-refractivity contribution in [3.63, 3.8) is 0 Å². The molecule has 1 heterocycles. The van der Waals surface area contributed by atoms with Gasteiger partial charge < -0.3 is 14.4 Å². The lowest BCUT2D eigenvalue weighted by molar-refractivity contribution is -0.191. The maximum Gasteiger partial charge on any atom is 0.333 e. The number of rotatable bonds is 6. The molecule has 0 bridgehead atoms. The van der Waals surface area contributed by atoms with Gasteiger partial charge in [0.15, 0.2) is 0 Å². The van der Waals surface area contributed by atoms with E-state index in [2.05, 4.69) is 0 Å². The Labute approximate surface area is 155 Å². The summed E-state index contributed by atoms with van der Waals surface area (Å²) < 4.78 is 10.9. The molecule has 2 fully saturated rings. The van der Waals surface area contributed by atoms with Crippen LogP contribution in [-0.4, -0.2) is 35.0 Å². The molecule has 1 atom stereocenters. The SMILES string of the molecule is COc1ccc(CN2C(=O)C[C@@]2(CC2CCC2)C(=O)OC(C)(C)C)cc1. The number of likely N-dealkylation sites (tertiary alicyclic amines) is 1. The minimum Gasteiger partial charge on any atom is -0.497 e. The van der Waals surface area contributed by atoms with Crippen LogP contribution in [0.15, 0.2) is 24.3 Å². The number of nitrogens with zero attached hydrogens (tertiary/aromatic N) is 1. The fraction of sp³-hybridized carbons (Fsp3) is 0.619. The van der Waals surface area contributed by atoms with Crippen LogP contribution in [0.3, 0.4) is 0 Å². The summed E-state index contributed by atoms with van der Waals surface area (Å²) in [5.74, 6) is 1.04. The number of esters is 1. The van der Waals surface area contributed by atoms with Crippen molar-refractivity contribution in [2.45, 2.75) is 70.6 Å². The third-order valence-corrected chi connectivity index (χ3v) is 5.39. The van der Waals surface area contributed by atoms with Crippen molar-refractivity contribution in [2.24, 2.45) is 5.92 Å². The molecule has 0 aromatic heterocycles. The first-order valence-corrected chi connectivity index (χ1v) is 9.40. The van der Waals surface area contributed by atoms with Crippen LogP contribution < -0.4 is 4.74 Å². The maximum absolute atomic E-state index is 13.0. The van der Waals surface area contributed by atoms with Gasteiger partial charge >= 0.3 is 5.97 Å². The highest BCUT2D eigenvalue weighted by Gasteiger charge is 2.59. The molecule has 1 aliphatic heterocycles. The second-order valence-corrected chi connectivity index (χ2v) is 8.54. The summed E-state index contributed by atoms with van der Waals surface area (Å²) in [7, 11) is 1.63. The molecule has 1 aromatic rings. The second kappa shape index (κ2) is 6.93. The first-order chi connectivity index (χ1) is 12.2. The number of carbonyl (C=O) groups is 2. The lowest BCUT2D eigenvalue weighted by Gasteiger charge is -2.52. The van der Waals surface area contributed by atoms with Crippen LogP contribution >= 0.6 is 0 Å². The highest BCUT2D eigenvalue weighted by Crippen LogP contribution is 2.45. The van der Waals surface area contributed by atoms with E-state index in [1.807, 2.05) is 45.0 Å². The smallest absolute Gasteiger partial charge is 0.333 e. The molecular formula is C21H29NO4. The van der Waals surface area contributed by atoms with Crippen molar-refractivity contribution in [1.82, 2.24) is 4.90 Å². The molecule has 3 rings (SSSR count). The minimum atomic E-state index is -0.810. The number of hydrogen-bond acceptors (Lipinski definition) is 4. The number of β-lactam (4-membered cyclic amide) rings is 1. The molecule has 5 nitrogen and oxygen atoms in total. The topological polar surface area (TPSA) is 55.8 Å². The average molecular weight is 359 g/mol. The third kappa shape index (κ3) is 3.71. The fourth-order valence-corrected chi connectivity index (χ4v) is 3.74. The van der Waals surface area contributed by atoms with Gasteiger partial charge in [-0.1, -0.05) is 31.4 Å². The quantitative estimate of drug-likeness (QED) is 0.574. The summed E-state index contributed by atoms with van der Waals surface area (Å²) in [5, 5.41) is 0. The van der Waals surface area contributed by atoms with Crippen molar-refractivity contribution in [1.29, 1.82) is 0 Å². The summed E-state index contributed by atoms with van der Waals surface area (Å²) in [4.78, 5) is 27.2. The van der Waals surface area contributed by atoms with E-state index < -0.39 is 11.1 Å². The van der Waals surface area contributed by atoms with Crippen LogP contribution in [0, 0.1) is 5.92 Å². The number of amides is 1. The Morgan fingerprint density at radius 2 is 1.88 bits per heavy atom. The summed E-state index contributed by atoms with van der Waals surface area (Å²) in [6.07, 6.45) is 4.45. The Kier molecular flexibility index (Phi) is 5.00. The Balaban J connectivity index is 1.81. The highest BCUT2D eigenvalue weighted by atomic mass is 16.6. The van der Waals surface area contributed by atoms with E-state index in [4.69, 9.17) is 9.47 Å². The molecule has 1 aliphatic carbocycles. The van der Waals surface area contributed by atoms with Crippen LogP contribution in [0.5, 0.6) is 5.75 Å². The number of carbonyl (C=O) groups excluding carboxylic acids is 2.